The standard InChI is InChI=1S/C24H21NO3/c1-25(15-17-8-4-2-5-9-17)16-21-22(26)13-12-19-20(14-23(27)28-24(19)21)18-10-6-3-7-11-18/h2-14,26H,15-16H2,1H3. The fraction of sp³-hybridized carbons (Fsp3) is 0.125. The first-order valence-electron chi connectivity index (χ1n) is 9.29. The van der Waals surface area contributed by atoms with Crippen molar-refractivity contribution in [2.45, 2.75) is 13.1 Å². The Hall–Kier alpha value is -3.37. The summed E-state index contributed by atoms with van der Waals surface area (Å²) in [5, 5.41) is 13.4. The zero-order valence-corrected chi connectivity index (χ0v) is 15.6. The molecule has 28 heavy (non-hydrogen) atoms. The number of hydrogen-bond acceptors (Lipinski definition) is 3. The minimum absolute atomic E-state index is 0.103. The molecule has 4 rings (SSSR count). The number of quaternary nitrogens is 1. The minimum Gasteiger partial charge on any atom is -0.872 e. The van der Waals surface area contributed by atoms with Crippen LogP contribution in [0.5, 0.6) is 5.75 Å². The highest BCUT2D eigenvalue weighted by molar-refractivity contribution is 5.95. The lowest BCUT2D eigenvalue weighted by molar-refractivity contribution is -0.907. The third-order valence-corrected chi connectivity index (χ3v) is 4.88. The van der Waals surface area contributed by atoms with Gasteiger partial charge in [-0.05, 0) is 11.1 Å². The van der Waals surface area contributed by atoms with E-state index in [1.807, 2.05) is 55.6 Å². The van der Waals surface area contributed by atoms with Crippen molar-refractivity contribution in [3.8, 4) is 16.9 Å². The zero-order valence-electron chi connectivity index (χ0n) is 15.6. The van der Waals surface area contributed by atoms with E-state index in [-0.39, 0.29) is 5.75 Å². The summed E-state index contributed by atoms with van der Waals surface area (Å²) < 4.78 is 5.52. The predicted octanol–water partition coefficient (Wildman–Crippen LogP) is 2.75. The van der Waals surface area contributed by atoms with Crippen LogP contribution in [0.3, 0.4) is 0 Å². The smallest absolute Gasteiger partial charge is 0.336 e. The Balaban J connectivity index is 1.77. The molecule has 1 aromatic heterocycles. The highest BCUT2D eigenvalue weighted by Crippen LogP contribution is 2.31. The summed E-state index contributed by atoms with van der Waals surface area (Å²) in [6.45, 7) is 1.26. The maximum Gasteiger partial charge on any atom is 0.336 e. The van der Waals surface area contributed by atoms with E-state index in [9.17, 15) is 9.90 Å². The highest BCUT2D eigenvalue weighted by atomic mass is 16.4. The Bertz CT molecular complexity index is 1150. The summed E-state index contributed by atoms with van der Waals surface area (Å²) in [5.74, 6) is -0.103. The molecule has 140 valence electrons. The number of rotatable bonds is 5. The maximum absolute atomic E-state index is 12.6. The van der Waals surface area contributed by atoms with E-state index in [1.165, 1.54) is 11.6 Å². The summed E-state index contributed by atoms with van der Waals surface area (Å²) in [6, 6.07) is 24.6. The SMILES string of the molecule is C[NH+](Cc1ccccc1)Cc1c([O-])ccc2c(-c3ccccc3)cc(=O)oc12. The third-order valence-electron chi connectivity index (χ3n) is 4.88. The lowest BCUT2D eigenvalue weighted by atomic mass is 9.99. The fourth-order valence-electron chi connectivity index (χ4n) is 3.60. The Kier molecular flexibility index (Phi) is 4.96. The molecule has 1 heterocycles. The van der Waals surface area contributed by atoms with Crippen molar-refractivity contribution < 1.29 is 14.4 Å². The van der Waals surface area contributed by atoms with Crippen molar-refractivity contribution in [2.24, 2.45) is 0 Å². The summed E-state index contributed by atoms with van der Waals surface area (Å²) in [6.07, 6.45) is 0. The Labute approximate surface area is 163 Å². The normalized spacial score (nSPS) is 12.2. The molecular formula is C24H21NO3. The van der Waals surface area contributed by atoms with E-state index in [0.717, 1.165) is 28.0 Å². The molecular weight excluding hydrogens is 350 g/mol. The van der Waals surface area contributed by atoms with Crippen LogP contribution in [0.15, 0.2) is 88.1 Å². The molecule has 1 atom stereocenters. The molecule has 4 aromatic rings. The van der Waals surface area contributed by atoms with Crippen molar-refractivity contribution in [3.63, 3.8) is 0 Å². The summed E-state index contributed by atoms with van der Waals surface area (Å²) >= 11 is 0. The highest BCUT2D eigenvalue weighted by Gasteiger charge is 2.15. The first kappa shape index (κ1) is 18.0. The quantitative estimate of drug-likeness (QED) is 0.549. The minimum atomic E-state index is -0.445. The van der Waals surface area contributed by atoms with Crippen molar-refractivity contribution >= 4 is 11.0 Å². The van der Waals surface area contributed by atoms with Crippen LogP contribution in [0.2, 0.25) is 0 Å². The summed E-state index contributed by atoms with van der Waals surface area (Å²) in [5.41, 5.74) is 3.40. The molecule has 0 radical (unpaired) electrons. The molecule has 0 saturated carbocycles. The number of nitrogens with one attached hydrogen (secondary N) is 1. The molecule has 0 amide bonds. The molecule has 1 N–H and O–H groups in total. The second-order valence-electron chi connectivity index (χ2n) is 7.06. The molecule has 3 aromatic carbocycles. The van der Waals surface area contributed by atoms with Gasteiger partial charge in [0.1, 0.15) is 18.7 Å². The summed E-state index contributed by atoms with van der Waals surface area (Å²) in [7, 11) is 2.03. The van der Waals surface area contributed by atoms with Crippen LogP contribution < -0.4 is 15.6 Å². The van der Waals surface area contributed by atoms with E-state index in [0.29, 0.717) is 17.7 Å². The lowest BCUT2D eigenvalue weighted by Crippen LogP contribution is -3.06. The Morgan fingerprint density at radius 2 is 1.57 bits per heavy atom. The van der Waals surface area contributed by atoms with E-state index < -0.39 is 5.63 Å². The van der Waals surface area contributed by atoms with Crippen molar-refractivity contribution in [3.05, 3.63) is 100 Å². The average Bonchev–Trinajstić information content (AvgIpc) is 2.71. The number of hydrogen-bond donors (Lipinski definition) is 1. The van der Waals surface area contributed by atoms with Crippen LogP contribution in [-0.2, 0) is 13.1 Å². The molecule has 0 saturated heterocycles. The molecule has 4 heteroatoms. The van der Waals surface area contributed by atoms with Crippen LogP contribution in [0, 0.1) is 0 Å². The van der Waals surface area contributed by atoms with Crippen LogP contribution in [0.4, 0.5) is 0 Å². The predicted molar refractivity (Wildman–Crippen MR) is 108 cm³/mol. The van der Waals surface area contributed by atoms with Gasteiger partial charge < -0.3 is 14.4 Å². The van der Waals surface area contributed by atoms with Gasteiger partial charge in [0.15, 0.2) is 0 Å². The first-order chi connectivity index (χ1) is 13.6. The van der Waals surface area contributed by atoms with Crippen molar-refractivity contribution in [2.75, 3.05) is 7.05 Å². The van der Waals surface area contributed by atoms with Gasteiger partial charge in [-0.2, -0.15) is 0 Å². The van der Waals surface area contributed by atoms with Gasteiger partial charge in [-0.15, -0.1) is 0 Å². The van der Waals surface area contributed by atoms with Gasteiger partial charge in [0, 0.05) is 22.6 Å². The lowest BCUT2D eigenvalue weighted by Gasteiger charge is -2.20. The molecule has 0 fully saturated rings. The van der Waals surface area contributed by atoms with Gasteiger partial charge in [0.2, 0.25) is 0 Å². The van der Waals surface area contributed by atoms with Gasteiger partial charge in [-0.25, -0.2) is 4.79 Å². The fourth-order valence-corrected chi connectivity index (χ4v) is 3.60. The molecule has 0 aliphatic carbocycles. The first-order valence-corrected chi connectivity index (χ1v) is 9.29. The Morgan fingerprint density at radius 3 is 2.29 bits per heavy atom. The van der Waals surface area contributed by atoms with E-state index in [4.69, 9.17) is 4.42 Å². The van der Waals surface area contributed by atoms with Crippen LogP contribution in [0.1, 0.15) is 11.1 Å². The van der Waals surface area contributed by atoms with Gasteiger partial charge in [0.05, 0.1) is 7.05 Å². The third kappa shape index (κ3) is 3.68. The molecule has 0 spiro atoms. The molecule has 0 aliphatic rings. The van der Waals surface area contributed by atoms with E-state index in [2.05, 4.69) is 12.1 Å². The largest absolute Gasteiger partial charge is 0.872 e. The van der Waals surface area contributed by atoms with E-state index in [1.54, 1.807) is 12.1 Å². The maximum atomic E-state index is 12.6. The van der Waals surface area contributed by atoms with Crippen LogP contribution in [-0.4, -0.2) is 7.05 Å². The van der Waals surface area contributed by atoms with Crippen LogP contribution in [0.25, 0.3) is 22.1 Å². The van der Waals surface area contributed by atoms with Gasteiger partial charge in [0.25, 0.3) is 0 Å². The van der Waals surface area contributed by atoms with Gasteiger partial charge in [-0.3, -0.25) is 0 Å². The monoisotopic (exact) mass is 371 g/mol. The molecule has 1 unspecified atom stereocenters. The number of benzene rings is 3. The second kappa shape index (κ2) is 7.71. The summed E-state index contributed by atoms with van der Waals surface area (Å²) in [4.78, 5) is 13.4. The van der Waals surface area contributed by atoms with Crippen LogP contribution >= 0.6 is 0 Å². The molecule has 0 bridgehead atoms. The molecule has 0 aliphatic heterocycles. The average molecular weight is 371 g/mol. The van der Waals surface area contributed by atoms with Crippen molar-refractivity contribution in [1.82, 2.24) is 0 Å². The zero-order chi connectivity index (χ0) is 19.5. The van der Waals surface area contributed by atoms with E-state index >= 15 is 0 Å². The van der Waals surface area contributed by atoms with Crippen molar-refractivity contribution in [1.29, 1.82) is 0 Å². The number of fused-ring (bicyclic) bond motifs is 1. The Morgan fingerprint density at radius 1 is 0.893 bits per heavy atom. The van der Waals surface area contributed by atoms with Gasteiger partial charge in [-0.1, -0.05) is 78.5 Å². The molecule has 4 nitrogen and oxygen atoms in total. The van der Waals surface area contributed by atoms with Gasteiger partial charge >= 0.3 is 5.63 Å². The second-order valence-corrected chi connectivity index (χ2v) is 7.06. The topological polar surface area (TPSA) is 57.7 Å².